The Hall–Kier alpha value is -3.12. The minimum Gasteiger partial charge on any atom is -0.311 e. The number of benzene rings is 2. The summed E-state index contributed by atoms with van der Waals surface area (Å²) < 4.78 is 1.79. The van der Waals surface area contributed by atoms with Crippen molar-refractivity contribution in [3.8, 4) is 0 Å². The molecule has 0 spiro atoms. The molecule has 4 rings (SSSR count). The Morgan fingerprint density at radius 1 is 0.658 bits per heavy atom. The van der Waals surface area contributed by atoms with Crippen molar-refractivity contribution in [2.24, 2.45) is 0 Å². The molecule has 10 nitrogen and oxygen atoms in total. The van der Waals surface area contributed by atoms with Gasteiger partial charge in [0, 0.05) is 30.1 Å². The summed E-state index contributed by atoms with van der Waals surface area (Å²) in [5.41, 5.74) is -0.0783. The third-order valence-corrected chi connectivity index (χ3v) is 7.00. The van der Waals surface area contributed by atoms with E-state index in [2.05, 4.69) is 47.8 Å². The van der Waals surface area contributed by atoms with Crippen LogP contribution in [0.2, 0.25) is 0 Å². The lowest BCUT2D eigenvalue weighted by Crippen LogP contribution is -2.67. The second-order valence-corrected chi connectivity index (χ2v) is 10.3. The summed E-state index contributed by atoms with van der Waals surface area (Å²) in [6.45, 7) is 3.55. The molecule has 210 valence electrons. The fourth-order valence-electron chi connectivity index (χ4n) is 3.60. The third kappa shape index (κ3) is 6.84. The number of nitrogens with one attached hydrogen (secondary N) is 3. The van der Waals surface area contributed by atoms with Crippen molar-refractivity contribution in [2.45, 2.75) is 47.5 Å². The Morgan fingerprint density at radius 2 is 1.08 bits per heavy atom. The van der Waals surface area contributed by atoms with Gasteiger partial charge in [-0.3, -0.25) is 0 Å². The van der Waals surface area contributed by atoms with E-state index >= 15 is 0 Å². The summed E-state index contributed by atoms with van der Waals surface area (Å²) in [4.78, 5) is 50.6. The van der Waals surface area contributed by atoms with Gasteiger partial charge in [0.15, 0.2) is 0 Å². The third-order valence-electron chi connectivity index (χ3n) is 6.01. The fourth-order valence-corrected chi connectivity index (χ4v) is 4.40. The van der Waals surface area contributed by atoms with Gasteiger partial charge in [0.2, 0.25) is 0 Å². The SMILES string of the molecule is C.C.C.CN1C(=O)NC(C)(c2cccc(Br)c2)N(C)C1=O.CN1C(=O)NC(C)(c2cccc(Br)c2)NC1=O. The second kappa shape index (κ2) is 13.1. The lowest BCUT2D eigenvalue weighted by atomic mass is 9.99. The number of imide groups is 2. The molecular formula is C26H38Br2N6O4. The predicted molar refractivity (Wildman–Crippen MR) is 157 cm³/mol. The van der Waals surface area contributed by atoms with Crippen LogP contribution in [0.1, 0.15) is 47.3 Å². The molecule has 3 N–H and O–H groups in total. The molecule has 2 aliphatic heterocycles. The van der Waals surface area contributed by atoms with Gasteiger partial charge in [-0.2, -0.15) is 0 Å². The van der Waals surface area contributed by atoms with Gasteiger partial charge in [-0.05, 0) is 49.2 Å². The van der Waals surface area contributed by atoms with Gasteiger partial charge in [-0.25, -0.2) is 29.0 Å². The van der Waals surface area contributed by atoms with Crippen molar-refractivity contribution < 1.29 is 19.2 Å². The smallest absolute Gasteiger partial charge is 0.311 e. The number of nitrogens with zero attached hydrogens (tertiary/aromatic N) is 3. The average Bonchev–Trinajstić information content (AvgIpc) is 2.80. The quantitative estimate of drug-likeness (QED) is 0.356. The lowest BCUT2D eigenvalue weighted by Gasteiger charge is -2.45. The van der Waals surface area contributed by atoms with Gasteiger partial charge in [-0.15, -0.1) is 0 Å². The standard InChI is InChI=1S/C12H14BrN3O2.C11H12BrN3O2.3CH4/c1-12(8-5-4-6-9(13)7-8)14-10(17)15(2)11(18)16(12)3;1-11(7-4-3-5-8(12)6-7)13-9(16)15(2)10(17)14-11;;;/h4-7H,1-3H3,(H,14,17);3-6H,1-2H3,(H,13,16)(H,14,17);3*1H4. The number of carbonyl (C=O) groups excluding carboxylic acids is 4. The van der Waals surface area contributed by atoms with Crippen LogP contribution in [0.25, 0.3) is 0 Å². The molecule has 8 amide bonds. The van der Waals surface area contributed by atoms with E-state index in [1.165, 1.54) is 19.0 Å². The van der Waals surface area contributed by atoms with Crippen molar-refractivity contribution in [1.82, 2.24) is 30.7 Å². The van der Waals surface area contributed by atoms with E-state index in [-0.39, 0.29) is 28.3 Å². The summed E-state index contributed by atoms with van der Waals surface area (Å²) in [6.07, 6.45) is 0. The van der Waals surface area contributed by atoms with Crippen molar-refractivity contribution in [1.29, 1.82) is 0 Å². The molecular weight excluding hydrogens is 620 g/mol. The van der Waals surface area contributed by atoms with Gasteiger partial charge < -0.3 is 20.9 Å². The van der Waals surface area contributed by atoms with Gasteiger partial charge >= 0.3 is 24.1 Å². The number of rotatable bonds is 2. The number of hydrogen-bond acceptors (Lipinski definition) is 4. The van der Waals surface area contributed by atoms with Crippen LogP contribution in [0.3, 0.4) is 0 Å². The van der Waals surface area contributed by atoms with E-state index in [1.807, 2.05) is 48.5 Å². The van der Waals surface area contributed by atoms with E-state index in [9.17, 15) is 19.2 Å². The first kappa shape index (κ1) is 34.9. The van der Waals surface area contributed by atoms with Gasteiger partial charge in [-0.1, -0.05) is 78.4 Å². The molecule has 2 aliphatic rings. The van der Waals surface area contributed by atoms with Crippen LogP contribution in [-0.2, 0) is 11.3 Å². The Morgan fingerprint density at radius 3 is 1.55 bits per heavy atom. The number of carbonyl (C=O) groups is 4. The minimum absolute atomic E-state index is 0. The number of hydrogen-bond donors (Lipinski definition) is 3. The number of amides is 8. The topological polar surface area (TPSA) is 114 Å². The summed E-state index contributed by atoms with van der Waals surface area (Å²) in [5, 5.41) is 8.34. The van der Waals surface area contributed by atoms with E-state index in [4.69, 9.17) is 0 Å². The second-order valence-electron chi connectivity index (χ2n) is 8.47. The predicted octanol–water partition coefficient (Wildman–Crippen LogP) is 6.22. The molecule has 2 fully saturated rings. The van der Waals surface area contributed by atoms with Crippen LogP contribution in [0.15, 0.2) is 57.5 Å². The summed E-state index contributed by atoms with van der Waals surface area (Å²) >= 11 is 6.75. The molecule has 2 aromatic rings. The minimum atomic E-state index is -0.884. The maximum atomic E-state index is 12.0. The van der Waals surface area contributed by atoms with Crippen LogP contribution in [-0.4, -0.2) is 60.0 Å². The molecule has 12 heteroatoms. The maximum Gasteiger partial charge on any atom is 0.329 e. The van der Waals surface area contributed by atoms with Crippen LogP contribution in [0.5, 0.6) is 0 Å². The molecule has 2 aromatic carbocycles. The highest BCUT2D eigenvalue weighted by Crippen LogP contribution is 2.30. The summed E-state index contributed by atoms with van der Waals surface area (Å²) in [7, 11) is 4.54. The molecule has 38 heavy (non-hydrogen) atoms. The summed E-state index contributed by atoms with van der Waals surface area (Å²) in [6, 6.07) is 13.4. The van der Waals surface area contributed by atoms with Gasteiger partial charge in [0.25, 0.3) is 0 Å². The van der Waals surface area contributed by atoms with Crippen molar-refractivity contribution in [3.05, 3.63) is 68.6 Å². The van der Waals surface area contributed by atoms with Crippen LogP contribution in [0, 0.1) is 0 Å². The molecule has 1 unspecified atom stereocenters. The first-order valence-corrected chi connectivity index (χ1v) is 12.1. The van der Waals surface area contributed by atoms with Gasteiger partial charge in [0.05, 0.1) is 0 Å². The molecule has 0 saturated carbocycles. The van der Waals surface area contributed by atoms with Crippen LogP contribution < -0.4 is 16.0 Å². The zero-order valence-electron chi connectivity index (χ0n) is 19.8. The average molecular weight is 658 g/mol. The molecule has 2 heterocycles. The molecule has 1 atom stereocenters. The van der Waals surface area contributed by atoms with Crippen molar-refractivity contribution in [3.63, 3.8) is 0 Å². The Kier molecular flexibility index (Phi) is 12.0. The first-order chi connectivity index (χ1) is 16.3. The molecule has 2 saturated heterocycles. The lowest BCUT2D eigenvalue weighted by molar-refractivity contribution is 0.0749. The zero-order chi connectivity index (χ0) is 26.1. The van der Waals surface area contributed by atoms with Crippen LogP contribution >= 0.6 is 31.9 Å². The highest BCUT2D eigenvalue weighted by molar-refractivity contribution is 9.10. The van der Waals surface area contributed by atoms with E-state index in [0.29, 0.717) is 0 Å². The van der Waals surface area contributed by atoms with Crippen molar-refractivity contribution >= 4 is 56.0 Å². The summed E-state index contributed by atoms with van der Waals surface area (Å²) in [5.74, 6) is 0. The molecule has 0 bridgehead atoms. The zero-order valence-corrected chi connectivity index (χ0v) is 23.0. The molecule has 0 aromatic heterocycles. The molecule has 0 aliphatic carbocycles. The van der Waals surface area contributed by atoms with E-state index in [0.717, 1.165) is 29.9 Å². The van der Waals surface area contributed by atoms with E-state index in [1.54, 1.807) is 20.9 Å². The van der Waals surface area contributed by atoms with E-state index < -0.39 is 29.4 Å². The Labute approximate surface area is 242 Å². The van der Waals surface area contributed by atoms with Crippen LogP contribution in [0.4, 0.5) is 19.2 Å². The normalized spacial score (nSPS) is 19.8. The Bertz CT molecular complexity index is 1180. The largest absolute Gasteiger partial charge is 0.329 e. The highest BCUT2D eigenvalue weighted by Gasteiger charge is 2.44. The molecule has 0 radical (unpaired) electrons. The fraction of sp³-hybridized carbons (Fsp3) is 0.385. The highest BCUT2D eigenvalue weighted by atomic mass is 79.9. The number of urea groups is 4. The monoisotopic (exact) mass is 656 g/mol. The van der Waals surface area contributed by atoms with Gasteiger partial charge in [0.1, 0.15) is 11.3 Å². The Balaban J connectivity index is 0.000000669. The number of halogens is 2. The van der Waals surface area contributed by atoms with Crippen molar-refractivity contribution in [2.75, 3.05) is 21.1 Å². The first-order valence-electron chi connectivity index (χ1n) is 10.5. The maximum absolute atomic E-state index is 12.0.